The number of carbonyl (C=O) groups is 1. The first-order valence-corrected chi connectivity index (χ1v) is 13.5. The lowest BCUT2D eigenvalue weighted by molar-refractivity contribution is -0.122. The van der Waals surface area contributed by atoms with Crippen molar-refractivity contribution in [3.63, 3.8) is 0 Å². The van der Waals surface area contributed by atoms with Crippen molar-refractivity contribution >= 4 is 15.9 Å². The van der Waals surface area contributed by atoms with Gasteiger partial charge in [-0.05, 0) is 49.4 Å². The lowest BCUT2D eigenvalue weighted by Gasteiger charge is -2.25. The second-order valence-electron chi connectivity index (χ2n) is 8.74. The summed E-state index contributed by atoms with van der Waals surface area (Å²) < 4.78 is 31.8. The summed E-state index contributed by atoms with van der Waals surface area (Å²) in [5, 5.41) is 16.9. The Morgan fingerprint density at radius 2 is 1.97 bits per heavy atom. The molecular weight excluding hydrogens is 442 g/mol. The number of methoxy groups -OCH3 is 1. The Kier molecular flexibility index (Phi) is 13.6. The number of ether oxygens (including phenoxy) is 1. The highest BCUT2D eigenvalue weighted by Gasteiger charge is 2.25. The molecule has 1 rings (SSSR count). The summed E-state index contributed by atoms with van der Waals surface area (Å²) in [5.74, 6) is 0.615. The Balaban J connectivity index is 2.81. The summed E-state index contributed by atoms with van der Waals surface area (Å²) in [7, 11) is -1.91. The third-order valence-corrected chi connectivity index (χ3v) is 7.41. The quantitative estimate of drug-likeness (QED) is 0.292. The van der Waals surface area contributed by atoms with Crippen LogP contribution in [0.15, 0.2) is 24.3 Å². The van der Waals surface area contributed by atoms with E-state index in [4.69, 9.17) is 4.74 Å². The molecule has 1 amide bonds. The molecule has 33 heavy (non-hydrogen) atoms. The number of hydrogen-bond donors (Lipinski definition) is 3. The molecule has 1 aromatic rings. The van der Waals surface area contributed by atoms with Gasteiger partial charge in [0.15, 0.2) is 0 Å². The van der Waals surface area contributed by atoms with Crippen LogP contribution in [0.3, 0.4) is 0 Å². The third-order valence-electron chi connectivity index (χ3n) is 5.46. The molecule has 0 unspecified atom stereocenters. The predicted octanol–water partition coefficient (Wildman–Crippen LogP) is 2.17. The Labute approximate surface area is 200 Å². The van der Waals surface area contributed by atoms with Crippen LogP contribution in [-0.4, -0.2) is 74.9 Å². The van der Waals surface area contributed by atoms with E-state index >= 15 is 0 Å². The van der Waals surface area contributed by atoms with Gasteiger partial charge in [0.2, 0.25) is 15.9 Å². The smallest absolute Gasteiger partial charge is 0.221 e. The van der Waals surface area contributed by atoms with E-state index in [0.717, 1.165) is 24.9 Å². The molecule has 0 radical (unpaired) electrons. The Morgan fingerprint density at radius 1 is 1.24 bits per heavy atom. The number of nitrogens with zero attached hydrogens (tertiary/aromatic N) is 1. The van der Waals surface area contributed by atoms with E-state index in [0.29, 0.717) is 37.7 Å². The van der Waals surface area contributed by atoms with Crippen molar-refractivity contribution in [1.29, 1.82) is 0 Å². The highest BCUT2D eigenvalue weighted by Crippen LogP contribution is 2.15. The minimum absolute atomic E-state index is 0.148. The number of amides is 1. The lowest BCUT2D eigenvalue weighted by Crippen LogP contribution is -2.49. The molecule has 1 aromatic carbocycles. The van der Waals surface area contributed by atoms with Crippen LogP contribution in [-0.2, 0) is 21.2 Å². The number of rotatable bonds is 17. The maximum Gasteiger partial charge on any atom is 0.221 e. The van der Waals surface area contributed by atoms with Gasteiger partial charge in [-0.25, -0.2) is 12.7 Å². The van der Waals surface area contributed by atoms with Crippen molar-refractivity contribution in [1.82, 2.24) is 14.9 Å². The van der Waals surface area contributed by atoms with Crippen LogP contribution in [0.2, 0.25) is 0 Å². The molecular formula is C24H43N3O5S. The maximum absolute atomic E-state index is 12.7. The number of benzene rings is 1. The second-order valence-corrected chi connectivity index (χ2v) is 10.8. The fourth-order valence-corrected chi connectivity index (χ4v) is 5.05. The molecule has 0 saturated heterocycles. The summed E-state index contributed by atoms with van der Waals surface area (Å²) in [5.41, 5.74) is 0.911. The average molecular weight is 486 g/mol. The summed E-state index contributed by atoms with van der Waals surface area (Å²) in [6.45, 7) is 9.93. The van der Waals surface area contributed by atoms with Crippen molar-refractivity contribution < 1.29 is 23.1 Å². The highest BCUT2D eigenvalue weighted by atomic mass is 32.2. The minimum Gasteiger partial charge on any atom is -0.497 e. The summed E-state index contributed by atoms with van der Waals surface area (Å²) >= 11 is 0. The second kappa shape index (κ2) is 15.3. The van der Waals surface area contributed by atoms with Gasteiger partial charge in [0.05, 0.1) is 25.0 Å². The van der Waals surface area contributed by atoms with Crippen LogP contribution in [0.5, 0.6) is 5.75 Å². The average Bonchev–Trinajstić information content (AvgIpc) is 2.78. The normalized spacial score (nSPS) is 13.8. The zero-order chi connectivity index (χ0) is 24.9. The monoisotopic (exact) mass is 485 g/mol. The van der Waals surface area contributed by atoms with Crippen LogP contribution in [0.4, 0.5) is 0 Å². The van der Waals surface area contributed by atoms with Crippen LogP contribution < -0.4 is 15.4 Å². The first-order chi connectivity index (χ1) is 15.6. The van der Waals surface area contributed by atoms with Gasteiger partial charge in [0.25, 0.3) is 0 Å². The number of hydrogen-bond acceptors (Lipinski definition) is 6. The lowest BCUT2D eigenvalue weighted by atomic mass is 10.0. The standard InChI is InChI=1S/C24H43N3O5S/c1-6-14-27(7-2)33(30,31)15-12-24(29)26-22(23(28)18-25-13-11-19(3)4)17-20-9-8-10-21(16-20)32-5/h8-10,16,19,22-23,25,28H,6-7,11-15,17-18H2,1-5H3,(H,26,29)/t22-,23+/m0/s1. The molecule has 0 aliphatic carbocycles. The predicted molar refractivity (Wildman–Crippen MR) is 133 cm³/mol. The zero-order valence-electron chi connectivity index (χ0n) is 20.8. The Morgan fingerprint density at radius 3 is 2.58 bits per heavy atom. The number of sulfonamides is 1. The van der Waals surface area contributed by atoms with Gasteiger partial charge in [-0.3, -0.25) is 4.79 Å². The maximum atomic E-state index is 12.7. The SMILES string of the molecule is CCCN(CC)S(=O)(=O)CCC(=O)N[C@@H](Cc1cccc(OC)c1)[C@H](O)CNCCC(C)C. The van der Waals surface area contributed by atoms with Crippen LogP contribution in [0.1, 0.15) is 52.5 Å². The molecule has 0 heterocycles. The van der Waals surface area contributed by atoms with Gasteiger partial charge in [0.1, 0.15) is 5.75 Å². The number of carbonyl (C=O) groups excluding carboxylic acids is 1. The Hall–Kier alpha value is -1.68. The van der Waals surface area contributed by atoms with Crippen LogP contribution in [0, 0.1) is 5.92 Å². The van der Waals surface area contributed by atoms with E-state index in [1.165, 1.54) is 4.31 Å². The topological polar surface area (TPSA) is 108 Å². The van der Waals surface area contributed by atoms with Crippen molar-refractivity contribution in [2.24, 2.45) is 5.92 Å². The number of aliphatic hydroxyl groups is 1. The molecule has 0 bridgehead atoms. The number of nitrogens with one attached hydrogen (secondary N) is 2. The van der Waals surface area contributed by atoms with E-state index in [-0.39, 0.29) is 18.1 Å². The van der Waals surface area contributed by atoms with Crippen LogP contribution in [0.25, 0.3) is 0 Å². The van der Waals surface area contributed by atoms with Gasteiger partial charge in [0, 0.05) is 26.1 Å². The minimum atomic E-state index is -3.50. The van der Waals surface area contributed by atoms with Gasteiger partial charge < -0.3 is 20.5 Å². The van der Waals surface area contributed by atoms with Gasteiger partial charge in [-0.1, -0.05) is 39.8 Å². The van der Waals surface area contributed by atoms with E-state index in [1.807, 2.05) is 31.2 Å². The summed E-state index contributed by atoms with van der Waals surface area (Å²) in [4.78, 5) is 12.7. The highest BCUT2D eigenvalue weighted by molar-refractivity contribution is 7.89. The van der Waals surface area contributed by atoms with E-state index in [9.17, 15) is 18.3 Å². The molecule has 3 N–H and O–H groups in total. The molecule has 0 spiro atoms. The summed E-state index contributed by atoms with van der Waals surface area (Å²) in [6, 6.07) is 6.92. The van der Waals surface area contributed by atoms with Crippen molar-refractivity contribution in [2.75, 3.05) is 39.0 Å². The van der Waals surface area contributed by atoms with Crippen LogP contribution >= 0.6 is 0 Å². The molecule has 9 heteroatoms. The molecule has 0 aliphatic rings. The molecule has 0 saturated carbocycles. The molecule has 2 atom stereocenters. The van der Waals surface area contributed by atoms with Gasteiger partial charge >= 0.3 is 0 Å². The van der Waals surface area contributed by atoms with E-state index in [2.05, 4.69) is 24.5 Å². The fourth-order valence-electron chi connectivity index (χ4n) is 3.49. The van der Waals surface area contributed by atoms with Crippen molar-refractivity contribution in [2.45, 2.75) is 65.5 Å². The Bertz CT molecular complexity index is 801. The zero-order valence-corrected chi connectivity index (χ0v) is 21.7. The first kappa shape index (κ1) is 29.4. The molecule has 8 nitrogen and oxygen atoms in total. The molecule has 190 valence electrons. The van der Waals surface area contributed by atoms with Crippen molar-refractivity contribution in [3.8, 4) is 5.75 Å². The van der Waals surface area contributed by atoms with Crippen molar-refractivity contribution in [3.05, 3.63) is 29.8 Å². The van der Waals surface area contributed by atoms with E-state index in [1.54, 1.807) is 14.0 Å². The summed E-state index contributed by atoms with van der Waals surface area (Å²) in [6.07, 6.45) is 1.14. The largest absolute Gasteiger partial charge is 0.497 e. The van der Waals surface area contributed by atoms with Gasteiger partial charge in [-0.15, -0.1) is 0 Å². The molecule has 0 aliphatic heterocycles. The molecule has 0 fully saturated rings. The fraction of sp³-hybridized carbons (Fsp3) is 0.708. The molecule has 0 aromatic heterocycles. The number of aliphatic hydroxyl groups excluding tert-OH is 1. The van der Waals surface area contributed by atoms with E-state index < -0.39 is 22.2 Å². The first-order valence-electron chi connectivity index (χ1n) is 11.9. The van der Waals surface area contributed by atoms with Gasteiger partial charge in [-0.2, -0.15) is 0 Å². The third kappa shape index (κ3) is 11.3.